The molecule has 0 spiro atoms. The first-order valence-electron chi connectivity index (χ1n) is 9.90. The summed E-state index contributed by atoms with van der Waals surface area (Å²) in [6.07, 6.45) is 1.61. The van der Waals surface area contributed by atoms with Gasteiger partial charge in [-0.2, -0.15) is 0 Å². The fraction of sp³-hybridized carbons (Fsp3) is 0.250. The number of hydrogen-bond donors (Lipinski definition) is 1. The van der Waals surface area contributed by atoms with Gasteiger partial charge in [0.2, 0.25) is 0 Å². The van der Waals surface area contributed by atoms with E-state index in [1.54, 1.807) is 50.5 Å². The van der Waals surface area contributed by atoms with Gasteiger partial charge < -0.3 is 19.9 Å². The monoisotopic (exact) mass is 423 g/mol. The number of fused-ring (bicyclic) bond motifs is 1. The van der Waals surface area contributed by atoms with Crippen LogP contribution in [-0.2, 0) is 16.1 Å². The van der Waals surface area contributed by atoms with Gasteiger partial charge in [0.15, 0.2) is 0 Å². The number of amides is 2. The average Bonchev–Trinajstić information content (AvgIpc) is 2.87. The standard InChI is InChI=1S/C24H26FN3O3/c1-16(13-17(2)27(3)14-18-9-5-6-10-19(18)25)23(29)26-20-15-31-22-12-8-7-11-21(22)28(4)24(20)30/h5-13,20H,1,14-15H2,2-4H3,(H,26,29)/b17-13-/t20-/m0/s1. The highest BCUT2D eigenvalue weighted by atomic mass is 19.1. The van der Waals surface area contributed by atoms with Crippen LogP contribution in [0.5, 0.6) is 5.75 Å². The first-order chi connectivity index (χ1) is 14.8. The summed E-state index contributed by atoms with van der Waals surface area (Å²) >= 11 is 0. The second-order valence-corrected chi connectivity index (χ2v) is 7.46. The third kappa shape index (κ3) is 5.12. The van der Waals surface area contributed by atoms with E-state index in [0.29, 0.717) is 23.5 Å². The number of likely N-dealkylation sites (N-methyl/N-ethyl adjacent to an activating group) is 1. The zero-order chi connectivity index (χ0) is 22.5. The lowest BCUT2D eigenvalue weighted by Crippen LogP contribution is -2.49. The molecule has 1 N–H and O–H groups in total. The largest absolute Gasteiger partial charge is 0.489 e. The van der Waals surface area contributed by atoms with Crippen molar-refractivity contribution < 1.29 is 18.7 Å². The number of nitrogens with one attached hydrogen (secondary N) is 1. The zero-order valence-electron chi connectivity index (χ0n) is 17.9. The average molecular weight is 423 g/mol. The molecule has 1 atom stereocenters. The molecule has 1 aliphatic rings. The second kappa shape index (κ2) is 9.47. The van der Waals surface area contributed by atoms with Crippen molar-refractivity contribution in [1.82, 2.24) is 10.2 Å². The van der Waals surface area contributed by atoms with E-state index in [2.05, 4.69) is 11.9 Å². The summed E-state index contributed by atoms with van der Waals surface area (Å²) in [6, 6.07) is 12.9. The van der Waals surface area contributed by atoms with E-state index in [0.717, 1.165) is 5.70 Å². The number of carbonyl (C=O) groups excluding carboxylic acids is 2. The summed E-state index contributed by atoms with van der Waals surface area (Å²) in [5.74, 6) is -0.446. The maximum absolute atomic E-state index is 13.9. The minimum atomic E-state index is -0.841. The van der Waals surface area contributed by atoms with Gasteiger partial charge in [-0.25, -0.2) is 4.39 Å². The molecule has 0 radical (unpaired) electrons. The Morgan fingerprint density at radius 2 is 1.97 bits per heavy atom. The molecule has 0 aromatic heterocycles. The summed E-state index contributed by atoms with van der Waals surface area (Å²) < 4.78 is 19.6. The number of anilines is 1. The molecule has 0 fully saturated rings. The highest BCUT2D eigenvalue weighted by Gasteiger charge is 2.30. The number of allylic oxidation sites excluding steroid dienone is 1. The minimum absolute atomic E-state index is 0.0229. The number of nitrogens with zero attached hydrogens (tertiary/aromatic N) is 2. The van der Waals surface area contributed by atoms with Gasteiger partial charge in [-0.05, 0) is 31.2 Å². The highest BCUT2D eigenvalue weighted by molar-refractivity contribution is 6.03. The summed E-state index contributed by atoms with van der Waals surface area (Å²) in [4.78, 5) is 28.7. The molecule has 3 rings (SSSR count). The predicted molar refractivity (Wildman–Crippen MR) is 118 cm³/mol. The van der Waals surface area contributed by atoms with Crippen molar-refractivity contribution in [3.05, 3.63) is 83.8 Å². The molecule has 0 saturated carbocycles. The Kier molecular flexibility index (Phi) is 6.74. The van der Waals surface area contributed by atoms with Crippen molar-refractivity contribution in [2.24, 2.45) is 0 Å². The molecule has 0 aliphatic carbocycles. The third-order valence-corrected chi connectivity index (χ3v) is 5.21. The maximum Gasteiger partial charge on any atom is 0.252 e. The van der Waals surface area contributed by atoms with E-state index in [9.17, 15) is 14.0 Å². The van der Waals surface area contributed by atoms with Gasteiger partial charge in [0, 0.05) is 37.5 Å². The molecule has 2 aromatic carbocycles. The third-order valence-electron chi connectivity index (χ3n) is 5.21. The van der Waals surface area contributed by atoms with Gasteiger partial charge in [0.1, 0.15) is 24.2 Å². The van der Waals surface area contributed by atoms with Crippen LogP contribution in [0.4, 0.5) is 10.1 Å². The topological polar surface area (TPSA) is 61.9 Å². The van der Waals surface area contributed by atoms with Gasteiger partial charge >= 0.3 is 0 Å². The number of carbonyl (C=O) groups is 2. The van der Waals surface area contributed by atoms with Crippen LogP contribution in [-0.4, -0.2) is 43.5 Å². The number of benzene rings is 2. The number of ether oxygens (including phenoxy) is 1. The fourth-order valence-electron chi connectivity index (χ4n) is 3.24. The van der Waals surface area contributed by atoms with Crippen LogP contribution in [0.25, 0.3) is 0 Å². The van der Waals surface area contributed by atoms with E-state index in [4.69, 9.17) is 4.74 Å². The second-order valence-electron chi connectivity index (χ2n) is 7.46. The van der Waals surface area contributed by atoms with Gasteiger partial charge in [-0.1, -0.05) is 36.9 Å². The van der Waals surface area contributed by atoms with Gasteiger partial charge in [0.05, 0.1) is 5.69 Å². The molecule has 2 amide bonds. The van der Waals surface area contributed by atoms with Crippen LogP contribution >= 0.6 is 0 Å². The van der Waals surface area contributed by atoms with E-state index < -0.39 is 11.9 Å². The van der Waals surface area contributed by atoms with Crippen molar-refractivity contribution in [2.45, 2.75) is 19.5 Å². The molecule has 0 unspecified atom stereocenters. The number of para-hydroxylation sites is 2. The number of hydrogen-bond acceptors (Lipinski definition) is 4. The molecule has 31 heavy (non-hydrogen) atoms. The van der Waals surface area contributed by atoms with Crippen LogP contribution < -0.4 is 15.0 Å². The lowest BCUT2D eigenvalue weighted by molar-refractivity contribution is -0.125. The number of halogens is 1. The minimum Gasteiger partial charge on any atom is -0.489 e. The van der Waals surface area contributed by atoms with Crippen LogP contribution in [0.15, 0.2) is 72.5 Å². The first-order valence-corrected chi connectivity index (χ1v) is 9.90. The van der Waals surface area contributed by atoms with Crippen molar-refractivity contribution in [1.29, 1.82) is 0 Å². The Morgan fingerprint density at radius 1 is 1.29 bits per heavy atom. The molecule has 1 heterocycles. The molecule has 1 aliphatic heterocycles. The van der Waals surface area contributed by atoms with Gasteiger partial charge in [0.25, 0.3) is 11.8 Å². The summed E-state index contributed by atoms with van der Waals surface area (Å²) in [5, 5.41) is 2.70. The molecular formula is C24H26FN3O3. The quantitative estimate of drug-likeness (QED) is 0.572. The molecule has 0 saturated heterocycles. The van der Waals surface area contributed by atoms with Gasteiger partial charge in [-0.15, -0.1) is 0 Å². The fourth-order valence-corrected chi connectivity index (χ4v) is 3.24. The summed E-state index contributed by atoms with van der Waals surface area (Å²) in [7, 11) is 3.45. The first kappa shape index (κ1) is 22.1. The van der Waals surface area contributed by atoms with Crippen molar-refractivity contribution in [3.63, 3.8) is 0 Å². The van der Waals surface area contributed by atoms with Crippen molar-refractivity contribution in [2.75, 3.05) is 25.6 Å². The Labute approximate surface area is 181 Å². The van der Waals surface area contributed by atoms with E-state index in [1.165, 1.54) is 11.0 Å². The van der Waals surface area contributed by atoms with Crippen molar-refractivity contribution in [3.8, 4) is 5.75 Å². The Hall–Kier alpha value is -3.61. The lowest BCUT2D eigenvalue weighted by Gasteiger charge is -2.22. The summed E-state index contributed by atoms with van der Waals surface area (Å²) in [6.45, 7) is 6.00. The van der Waals surface area contributed by atoms with Crippen molar-refractivity contribution >= 4 is 17.5 Å². The van der Waals surface area contributed by atoms with Gasteiger partial charge in [-0.3, -0.25) is 9.59 Å². The summed E-state index contributed by atoms with van der Waals surface area (Å²) in [5.41, 5.74) is 2.12. The molecule has 2 aromatic rings. The maximum atomic E-state index is 13.9. The lowest BCUT2D eigenvalue weighted by atomic mass is 10.1. The normalized spacial score (nSPS) is 16.1. The van der Waals surface area contributed by atoms with Crippen LogP contribution in [0.3, 0.4) is 0 Å². The van der Waals surface area contributed by atoms with E-state index in [-0.39, 0.29) is 23.9 Å². The Bertz CT molecular complexity index is 1030. The molecule has 6 nitrogen and oxygen atoms in total. The van der Waals surface area contributed by atoms with Crippen LogP contribution in [0.2, 0.25) is 0 Å². The molecule has 0 bridgehead atoms. The smallest absolute Gasteiger partial charge is 0.252 e. The predicted octanol–water partition coefficient (Wildman–Crippen LogP) is 3.26. The Morgan fingerprint density at radius 3 is 2.71 bits per heavy atom. The highest BCUT2D eigenvalue weighted by Crippen LogP contribution is 2.29. The SMILES string of the molecule is C=C(/C=C(/C)N(C)Cc1ccccc1F)C(=O)N[C@H]1COc2ccccc2N(C)C1=O. The van der Waals surface area contributed by atoms with Crippen LogP contribution in [0, 0.1) is 5.82 Å². The molecule has 162 valence electrons. The van der Waals surface area contributed by atoms with Crippen LogP contribution in [0.1, 0.15) is 12.5 Å². The number of rotatable bonds is 6. The van der Waals surface area contributed by atoms with E-state index in [1.807, 2.05) is 24.0 Å². The zero-order valence-corrected chi connectivity index (χ0v) is 17.9. The Balaban J connectivity index is 1.64. The molecule has 7 heteroatoms. The van der Waals surface area contributed by atoms with E-state index >= 15 is 0 Å². The molecular weight excluding hydrogens is 397 g/mol.